The smallest absolute Gasteiger partial charge is 0.251 e. The predicted octanol–water partition coefficient (Wildman–Crippen LogP) is 4.27. The van der Waals surface area contributed by atoms with Gasteiger partial charge in [0, 0.05) is 24.7 Å². The summed E-state index contributed by atoms with van der Waals surface area (Å²) >= 11 is 0. The first kappa shape index (κ1) is 21.1. The van der Waals surface area contributed by atoms with Crippen LogP contribution in [0.25, 0.3) is 0 Å². The van der Waals surface area contributed by atoms with Crippen LogP contribution in [0, 0.1) is 0 Å². The first-order chi connectivity index (χ1) is 14.7. The lowest BCUT2D eigenvalue weighted by molar-refractivity contribution is 0.0907. The Morgan fingerprint density at radius 1 is 1.03 bits per heavy atom. The monoisotopic (exact) mass is 406 g/mol. The van der Waals surface area contributed by atoms with E-state index < -0.39 is 0 Å². The van der Waals surface area contributed by atoms with Crippen LogP contribution in [-0.4, -0.2) is 41.6 Å². The number of hydrogen-bond donors (Lipinski definition) is 2. The normalized spacial score (nSPS) is 18.6. The Hall–Kier alpha value is -2.17. The highest BCUT2D eigenvalue weighted by Crippen LogP contribution is 2.26. The lowest BCUT2D eigenvalue weighted by Crippen LogP contribution is -2.44. The molecule has 0 aromatic heterocycles. The van der Waals surface area contributed by atoms with E-state index in [-0.39, 0.29) is 18.1 Å². The SMILES string of the molecule is O=C(NC1CCN(CCCC(O)c2ccc3c(c2)CCCC3)CC1)c1ccccc1. The zero-order chi connectivity index (χ0) is 20.8. The number of hydrogen-bond acceptors (Lipinski definition) is 3. The van der Waals surface area contributed by atoms with Gasteiger partial charge in [0.2, 0.25) is 0 Å². The molecular formula is C26H34N2O2. The Morgan fingerprint density at radius 2 is 1.77 bits per heavy atom. The number of carbonyl (C=O) groups is 1. The average molecular weight is 407 g/mol. The zero-order valence-corrected chi connectivity index (χ0v) is 17.9. The van der Waals surface area contributed by atoms with Gasteiger partial charge in [-0.2, -0.15) is 0 Å². The van der Waals surface area contributed by atoms with Crippen molar-refractivity contribution in [2.45, 2.75) is 63.5 Å². The van der Waals surface area contributed by atoms with Gasteiger partial charge in [-0.25, -0.2) is 0 Å². The second-order valence-electron chi connectivity index (χ2n) is 8.85. The molecule has 1 heterocycles. The summed E-state index contributed by atoms with van der Waals surface area (Å²) in [5.41, 5.74) is 4.73. The molecule has 4 nitrogen and oxygen atoms in total. The van der Waals surface area contributed by atoms with Gasteiger partial charge in [0.15, 0.2) is 0 Å². The first-order valence-electron chi connectivity index (χ1n) is 11.6. The quantitative estimate of drug-likeness (QED) is 0.722. The largest absolute Gasteiger partial charge is 0.388 e. The number of aliphatic hydroxyl groups excluding tert-OH is 1. The minimum atomic E-state index is -0.361. The molecule has 0 bridgehead atoms. The van der Waals surface area contributed by atoms with E-state index >= 15 is 0 Å². The Balaban J connectivity index is 1.17. The molecule has 2 aliphatic rings. The van der Waals surface area contributed by atoms with Gasteiger partial charge in [-0.05, 0) is 86.7 Å². The molecular weight excluding hydrogens is 372 g/mol. The fraction of sp³-hybridized carbons (Fsp3) is 0.500. The fourth-order valence-corrected chi connectivity index (χ4v) is 4.79. The predicted molar refractivity (Wildman–Crippen MR) is 121 cm³/mol. The second-order valence-corrected chi connectivity index (χ2v) is 8.85. The van der Waals surface area contributed by atoms with Crippen LogP contribution in [0.4, 0.5) is 0 Å². The van der Waals surface area contributed by atoms with Gasteiger partial charge in [-0.1, -0.05) is 36.4 Å². The topological polar surface area (TPSA) is 52.6 Å². The number of carbonyl (C=O) groups excluding carboxylic acids is 1. The van der Waals surface area contributed by atoms with Gasteiger partial charge in [0.25, 0.3) is 5.91 Å². The van der Waals surface area contributed by atoms with Crippen molar-refractivity contribution < 1.29 is 9.90 Å². The third kappa shape index (κ3) is 5.50. The maximum Gasteiger partial charge on any atom is 0.251 e. The van der Waals surface area contributed by atoms with Crippen molar-refractivity contribution in [3.8, 4) is 0 Å². The van der Waals surface area contributed by atoms with Gasteiger partial charge in [0.1, 0.15) is 0 Å². The first-order valence-corrected chi connectivity index (χ1v) is 11.6. The molecule has 1 atom stereocenters. The van der Waals surface area contributed by atoms with E-state index in [0.717, 1.165) is 62.9 Å². The zero-order valence-electron chi connectivity index (χ0n) is 17.9. The van der Waals surface area contributed by atoms with Crippen LogP contribution in [0.3, 0.4) is 0 Å². The van der Waals surface area contributed by atoms with Crippen LogP contribution in [0.5, 0.6) is 0 Å². The minimum Gasteiger partial charge on any atom is -0.388 e. The number of nitrogens with zero attached hydrogens (tertiary/aromatic N) is 1. The third-order valence-corrected chi connectivity index (χ3v) is 6.67. The third-order valence-electron chi connectivity index (χ3n) is 6.67. The van der Waals surface area contributed by atoms with E-state index in [4.69, 9.17) is 0 Å². The number of likely N-dealkylation sites (tertiary alicyclic amines) is 1. The van der Waals surface area contributed by atoms with Crippen molar-refractivity contribution in [1.82, 2.24) is 10.2 Å². The van der Waals surface area contributed by atoms with E-state index in [9.17, 15) is 9.90 Å². The molecule has 1 aliphatic heterocycles. The van der Waals surface area contributed by atoms with E-state index in [1.807, 2.05) is 30.3 Å². The van der Waals surface area contributed by atoms with E-state index in [1.165, 1.54) is 30.4 Å². The molecule has 30 heavy (non-hydrogen) atoms. The number of aliphatic hydroxyl groups is 1. The van der Waals surface area contributed by atoms with E-state index in [0.29, 0.717) is 0 Å². The molecule has 4 rings (SSSR count). The lowest BCUT2D eigenvalue weighted by atomic mass is 9.89. The minimum absolute atomic E-state index is 0.0298. The molecule has 1 aliphatic carbocycles. The Morgan fingerprint density at radius 3 is 2.53 bits per heavy atom. The van der Waals surface area contributed by atoms with Crippen molar-refractivity contribution in [2.24, 2.45) is 0 Å². The summed E-state index contributed by atoms with van der Waals surface area (Å²) in [6.45, 7) is 3.03. The van der Waals surface area contributed by atoms with Crippen molar-refractivity contribution in [1.29, 1.82) is 0 Å². The van der Waals surface area contributed by atoms with Gasteiger partial charge in [-0.3, -0.25) is 4.79 Å². The van der Waals surface area contributed by atoms with Crippen LogP contribution in [0.15, 0.2) is 48.5 Å². The molecule has 2 aromatic rings. The summed E-state index contributed by atoms with van der Waals surface area (Å²) in [6.07, 6.45) is 8.34. The Kier molecular flexibility index (Phi) is 7.19. The molecule has 0 saturated carbocycles. The highest BCUT2D eigenvalue weighted by Gasteiger charge is 2.21. The summed E-state index contributed by atoms with van der Waals surface area (Å²) in [7, 11) is 0. The summed E-state index contributed by atoms with van der Waals surface area (Å²) in [5, 5.41) is 13.8. The molecule has 4 heteroatoms. The molecule has 2 aromatic carbocycles. The molecule has 2 N–H and O–H groups in total. The maximum atomic E-state index is 12.3. The summed E-state index contributed by atoms with van der Waals surface area (Å²) in [4.78, 5) is 14.8. The lowest BCUT2D eigenvalue weighted by Gasteiger charge is -2.32. The van der Waals surface area contributed by atoms with Crippen LogP contribution in [0.1, 0.15) is 71.7 Å². The van der Waals surface area contributed by atoms with E-state index in [2.05, 4.69) is 28.4 Å². The Labute approximate surface area is 180 Å². The van der Waals surface area contributed by atoms with Crippen LogP contribution >= 0.6 is 0 Å². The van der Waals surface area contributed by atoms with Gasteiger partial charge < -0.3 is 15.3 Å². The number of nitrogens with one attached hydrogen (secondary N) is 1. The van der Waals surface area contributed by atoms with Crippen LogP contribution in [0.2, 0.25) is 0 Å². The molecule has 1 unspecified atom stereocenters. The number of piperidine rings is 1. The maximum absolute atomic E-state index is 12.3. The van der Waals surface area contributed by atoms with Crippen molar-refractivity contribution >= 4 is 5.91 Å². The molecule has 0 radical (unpaired) electrons. The van der Waals surface area contributed by atoms with Crippen molar-refractivity contribution in [3.05, 3.63) is 70.8 Å². The standard InChI is InChI=1S/C26H34N2O2/c29-25(23-13-12-20-7-4-5-10-22(20)19-23)11-6-16-28-17-14-24(15-18-28)27-26(30)21-8-2-1-3-9-21/h1-3,8-9,12-13,19,24-25,29H,4-7,10-11,14-18H2,(H,27,30). The summed E-state index contributed by atoms with van der Waals surface area (Å²) < 4.78 is 0. The molecule has 160 valence electrons. The molecule has 1 saturated heterocycles. The molecule has 0 spiro atoms. The highest BCUT2D eigenvalue weighted by atomic mass is 16.3. The number of aryl methyl sites for hydroxylation is 2. The number of fused-ring (bicyclic) bond motifs is 1. The fourth-order valence-electron chi connectivity index (χ4n) is 4.79. The van der Waals surface area contributed by atoms with Crippen LogP contribution < -0.4 is 5.32 Å². The number of amides is 1. The van der Waals surface area contributed by atoms with Gasteiger partial charge in [-0.15, -0.1) is 0 Å². The summed E-state index contributed by atoms with van der Waals surface area (Å²) in [5.74, 6) is 0.0298. The average Bonchev–Trinajstić information content (AvgIpc) is 2.80. The van der Waals surface area contributed by atoms with Gasteiger partial charge in [0.05, 0.1) is 6.10 Å². The van der Waals surface area contributed by atoms with Crippen molar-refractivity contribution in [3.63, 3.8) is 0 Å². The molecule has 1 fully saturated rings. The Bertz CT molecular complexity index is 828. The second kappa shape index (κ2) is 10.2. The highest BCUT2D eigenvalue weighted by molar-refractivity contribution is 5.94. The van der Waals surface area contributed by atoms with Crippen molar-refractivity contribution in [2.75, 3.05) is 19.6 Å². The van der Waals surface area contributed by atoms with Crippen LogP contribution in [-0.2, 0) is 12.8 Å². The number of rotatable bonds is 7. The summed E-state index contributed by atoms with van der Waals surface area (Å²) in [6, 6.07) is 16.3. The molecule has 1 amide bonds. The van der Waals surface area contributed by atoms with Gasteiger partial charge >= 0.3 is 0 Å². The van der Waals surface area contributed by atoms with E-state index in [1.54, 1.807) is 0 Å². The number of benzene rings is 2.